The lowest BCUT2D eigenvalue weighted by molar-refractivity contribution is 0.107. The molecule has 0 radical (unpaired) electrons. The number of aliphatic hydroxyl groups is 1. The van der Waals surface area contributed by atoms with Crippen molar-refractivity contribution >= 4 is 6.09 Å². The maximum atomic E-state index is 11.4. The Labute approximate surface area is 98.4 Å². The summed E-state index contributed by atoms with van der Waals surface area (Å²) in [5, 5.41) is 12.0. The monoisotopic (exact) mass is 231 g/mol. The number of carbonyl (C=O) groups is 1. The number of aliphatic hydroxyl groups excluding tert-OH is 1. The molecular weight excluding hydrogens is 206 g/mol. The van der Waals surface area contributed by atoms with Gasteiger partial charge >= 0.3 is 6.09 Å². The van der Waals surface area contributed by atoms with E-state index in [9.17, 15) is 9.90 Å². The fourth-order valence-electron chi connectivity index (χ4n) is 1.65. The summed E-state index contributed by atoms with van der Waals surface area (Å²) in [5.74, 6) is 0.410. The molecule has 0 heterocycles. The van der Waals surface area contributed by atoms with Crippen LogP contribution in [0.25, 0.3) is 0 Å². The van der Waals surface area contributed by atoms with Gasteiger partial charge in [0.1, 0.15) is 0 Å². The van der Waals surface area contributed by atoms with Crippen LogP contribution in [0.2, 0.25) is 0 Å². The summed E-state index contributed by atoms with van der Waals surface area (Å²) >= 11 is 0. The minimum Gasteiger partial charge on any atom is -0.450 e. The van der Waals surface area contributed by atoms with E-state index >= 15 is 0 Å². The number of hydrogen-bond donors (Lipinski definition) is 2. The van der Waals surface area contributed by atoms with Crippen molar-refractivity contribution in [2.75, 3.05) is 13.2 Å². The molecule has 0 bridgehead atoms. The number of hydrogen-bond acceptors (Lipinski definition) is 3. The number of rotatable bonds is 7. The van der Waals surface area contributed by atoms with E-state index < -0.39 is 11.6 Å². The predicted molar refractivity (Wildman–Crippen MR) is 64.3 cm³/mol. The molecule has 0 aromatic rings. The van der Waals surface area contributed by atoms with Crippen LogP contribution in [0.5, 0.6) is 0 Å². The van der Waals surface area contributed by atoms with Gasteiger partial charge in [-0.05, 0) is 25.7 Å². The van der Waals surface area contributed by atoms with Crippen molar-refractivity contribution in [3.05, 3.63) is 0 Å². The molecule has 0 saturated heterocycles. The molecule has 0 aliphatic rings. The van der Waals surface area contributed by atoms with Crippen molar-refractivity contribution in [2.24, 2.45) is 5.92 Å². The van der Waals surface area contributed by atoms with Gasteiger partial charge in [-0.15, -0.1) is 0 Å². The second-order valence-electron chi connectivity index (χ2n) is 4.93. The van der Waals surface area contributed by atoms with Gasteiger partial charge in [-0.2, -0.15) is 0 Å². The molecule has 0 fully saturated rings. The normalized spacial score (nSPS) is 14.6. The first kappa shape index (κ1) is 15.2. The second kappa shape index (κ2) is 7.49. The number of ether oxygens (including phenoxy) is 1. The van der Waals surface area contributed by atoms with Gasteiger partial charge in [-0.25, -0.2) is 4.79 Å². The Hall–Kier alpha value is -0.770. The summed E-state index contributed by atoms with van der Waals surface area (Å²) in [6.07, 6.45) is 2.15. The Morgan fingerprint density at radius 3 is 2.56 bits per heavy atom. The zero-order valence-corrected chi connectivity index (χ0v) is 10.9. The highest BCUT2D eigenvalue weighted by Gasteiger charge is 2.27. The molecule has 1 atom stereocenters. The lowest BCUT2D eigenvalue weighted by atomic mass is 9.92. The lowest BCUT2D eigenvalue weighted by Gasteiger charge is -2.29. The molecule has 1 amide bonds. The standard InChI is InChI=1S/C12H25NO3/c1-5-6-7-16-11(15)13-12(4,9-14)8-10(2)3/h10,14H,5-9H2,1-4H3,(H,13,15). The van der Waals surface area contributed by atoms with E-state index in [1.54, 1.807) is 0 Å². The smallest absolute Gasteiger partial charge is 0.407 e. The largest absolute Gasteiger partial charge is 0.450 e. The molecule has 96 valence electrons. The number of alkyl carbamates (subject to hydrolysis) is 1. The number of carbonyl (C=O) groups excluding carboxylic acids is 1. The first-order valence-electron chi connectivity index (χ1n) is 5.99. The van der Waals surface area contributed by atoms with Gasteiger partial charge in [-0.1, -0.05) is 27.2 Å². The van der Waals surface area contributed by atoms with Crippen LogP contribution >= 0.6 is 0 Å². The average molecular weight is 231 g/mol. The van der Waals surface area contributed by atoms with Gasteiger partial charge in [0.05, 0.1) is 18.8 Å². The van der Waals surface area contributed by atoms with Crippen molar-refractivity contribution in [3.63, 3.8) is 0 Å². The van der Waals surface area contributed by atoms with E-state index in [1.165, 1.54) is 0 Å². The highest BCUT2D eigenvalue weighted by atomic mass is 16.5. The van der Waals surface area contributed by atoms with Gasteiger partial charge in [-0.3, -0.25) is 0 Å². The third-order valence-electron chi connectivity index (χ3n) is 2.34. The summed E-state index contributed by atoms with van der Waals surface area (Å²) in [6, 6.07) is 0. The van der Waals surface area contributed by atoms with E-state index in [1.807, 2.05) is 13.8 Å². The van der Waals surface area contributed by atoms with Crippen LogP contribution in [0.15, 0.2) is 0 Å². The minimum absolute atomic E-state index is 0.0753. The number of unbranched alkanes of at least 4 members (excludes halogenated alkanes) is 1. The van der Waals surface area contributed by atoms with Gasteiger partial charge in [0.15, 0.2) is 0 Å². The summed E-state index contributed by atoms with van der Waals surface area (Å²) in [7, 11) is 0. The van der Waals surface area contributed by atoms with Crippen LogP contribution in [-0.2, 0) is 4.74 Å². The number of nitrogens with one attached hydrogen (secondary N) is 1. The van der Waals surface area contributed by atoms with Crippen molar-refractivity contribution in [2.45, 2.75) is 52.5 Å². The van der Waals surface area contributed by atoms with Gasteiger partial charge in [0, 0.05) is 0 Å². The quantitative estimate of drug-likeness (QED) is 0.661. The third kappa shape index (κ3) is 6.67. The second-order valence-corrected chi connectivity index (χ2v) is 4.93. The van der Waals surface area contributed by atoms with E-state index in [2.05, 4.69) is 19.2 Å². The minimum atomic E-state index is -0.586. The van der Waals surface area contributed by atoms with Crippen molar-refractivity contribution in [3.8, 4) is 0 Å². The molecule has 1 unspecified atom stereocenters. The summed E-state index contributed by atoms with van der Waals surface area (Å²) in [6.45, 7) is 8.33. The van der Waals surface area contributed by atoms with E-state index in [-0.39, 0.29) is 6.61 Å². The Bertz CT molecular complexity index is 206. The van der Waals surface area contributed by atoms with Crippen LogP contribution < -0.4 is 5.32 Å². The van der Waals surface area contributed by atoms with E-state index in [0.717, 1.165) is 19.3 Å². The zero-order valence-electron chi connectivity index (χ0n) is 10.9. The van der Waals surface area contributed by atoms with E-state index in [4.69, 9.17) is 4.74 Å². The molecule has 0 aliphatic carbocycles. The molecular formula is C12H25NO3. The molecule has 16 heavy (non-hydrogen) atoms. The van der Waals surface area contributed by atoms with Crippen LogP contribution in [0.4, 0.5) is 4.79 Å². The first-order valence-corrected chi connectivity index (χ1v) is 5.99. The van der Waals surface area contributed by atoms with Crippen LogP contribution in [-0.4, -0.2) is 30.0 Å². The molecule has 4 nitrogen and oxygen atoms in total. The van der Waals surface area contributed by atoms with Crippen LogP contribution in [0.1, 0.15) is 47.0 Å². The predicted octanol–water partition coefficient (Wildman–Crippen LogP) is 2.31. The molecule has 0 saturated carbocycles. The Morgan fingerprint density at radius 2 is 2.12 bits per heavy atom. The molecule has 2 N–H and O–H groups in total. The van der Waals surface area contributed by atoms with Crippen LogP contribution in [0, 0.1) is 5.92 Å². The highest BCUT2D eigenvalue weighted by molar-refractivity contribution is 5.68. The summed E-state index contributed by atoms with van der Waals surface area (Å²) in [5.41, 5.74) is -0.586. The van der Waals surface area contributed by atoms with Gasteiger partial charge in [0.25, 0.3) is 0 Å². The molecule has 0 aliphatic heterocycles. The lowest BCUT2D eigenvalue weighted by Crippen LogP contribution is -2.50. The van der Waals surface area contributed by atoms with Crippen molar-refractivity contribution in [1.82, 2.24) is 5.32 Å². The molecule has 0 aromatic carbocycles. The molecule has 0 aromatic heterocycles. The molecule has 4 heteroatoms. The van der Waals surface area contributed by atoms with Gasteiger partial charge in [0.2, 0.25) is 0 Å². The maximum Gasteiger partial charge on any atom is 0.407 e. The Morgan fingerprint density at radius 1 is 1.50 bits per heavy atom. The number of amides is 1. The maximum absolute atomic E-state index is 11.4. The Balaban J connectivity index is 4.04. The van der Waals surface area contributed by atoms with Gasteiger partial charge < -0.3 is 15.2 Å². The molecule has 0 spiro atoms. The zero-order chi connectivity index (χ0) is 12.6. The van der Waals surface area contributed by atoms with Crippen molar-refractivity contribution in [1.29, 1.82) is 0 Å². The van der Waals surface area contributed by atoms with Crippen molar-refractivity contribution < 1.29 is 14.6 Å². The summed E-state index contributed by atoms with van der Waals surface area (Å²) < 4.78 is 5.00. The highest BCUT2D eigenvalue weighted by Crippen LogP contribution is 2.15. The topological polar surface area (TPSA) is 58.6 Å². The fourth-order valence-corrected chi connectivity index (χ4v) is 1.65. The first-order chi connectivity index (χ1) is 7.43. The molecule has 0 rings (SSSR count). The third-order valence-corrected chi connectivity index (χ3v) is 2.34. The van der Waals surface area contributed by atoms with Crippen LogP contribution in [0.3, 0.4) is 0 Å². The van der Waals surface area contributed by atoms with E-state index in [0.29, 0.717) is 12.5 Å². The average Bonchev–Trinajstić information content (AvgIpc) is 2.16. The summed E-state index contributed by atoms with van der Waals surface area (Å²) in [4.78, 5) is 11.4. The fraction of sp³-hybridized carbons (Fsp3) is 0.917. The Kier molecular flexibility index (Phi) is 7.13. The SMILES string of the molecule is CCCCOC(=O)NC(C)(CO)CC(C)C.